The van der Waals surface area contributed by atoms with E-state index < -0.39 is 17.7 Å². The molecule has 180 valence electrons. The minimum atomic E-state index is -0.649. The number of Topliss-reactive ketones (excluding diaryl/α,β-unsaturated/α-hetero) is 1. The Balaban J connectivity index is 1.65. The van der Waals surface area contributed by atoms with Gasteiger partial charge in [-0.25, -0.2) is 0 Å². The molecule has 2 fully saturated rings. The van der Waals surface area contributed by atoms with Crippen LogP contribution >= 0.6 is 0 Å². The molecule has 2 aromatic carbocycles. The zero-order valence-electron chi connectivity index (χ0n) is 19.8. The molecule has 0 aliphatic carbocycles. The molecule has 7 nitrogen and oxygen atoms in total. The van der Waals surface area contributed by atoms with Crippen molar-refractivity contribution in [2.75, 3.05) is 46.0 Å². The van der Waals surface area contributed by atoms with Crippen LogP contribution in [0.4, 0.5) is 0 Å². The van der Waals surface area contributed by atoms with Crippen LogP contribution in [0.25, 0.3) is 5.76 Å². The topological polar surface area (TPSA) is 79.3 Å². The zero-order valence-corrected chi connectivity index (χ0v) is 19.8. The number of aliphatic hydroxyl groups excluding tert-OH is 1. The summed E-state index contributed by atoms with van der Waals surface area (Å²) in [4.78, 5) is 30.2. The summed E-state index contributed by atoms with van der Waals surface area (Å²) >= 11 is 0. The van der Waals surface area contributed by atoms with Crippen molar-refractivity contribution in [1.82, 2.24) is 9.80 Å². The Morgan fingerprint density at radius 2 is 1.82 bits per heavy atom. The van der Waals surface area contributed by atoms with E-state index in [1.807, 2.05) is 44.2 Å². The Kier molecular flexibility index (Phi) is 7.65. The maximum absolute atomic E-state index is 13.2. The fraction of sp³-hybridized carbons (Fsp3) is 0.407. The van der Waals surface area contributed by atoms with Crippen LogP contribution in [0.3, 0.4) is 0 Å². The molecule has 7 heteroatoms. The van der Waals surface area contributed by atoms with Crippen molar-refractivity contribution in [2.24, 2.45) is 0 Å². The quantitative estimate of drug-likeness (QED) is 0.366. The third-order valence-electron chi connectivity index (χ3n) is 6.38. The molecule has 2 aliphatic rings. The van der Waals surface area contributed by atoms with E-state index in [1.54, 1.807) is 23.1 Å². The van der Waals surface area contributed by atoms with Crippen LogP contribution in [0.2, 0.25) is 0 Å². The molecule has 1 N–H and O–H groups in total. The Morgan fingerprint density at radius 1 is 1.09 bits per heavy atom. The summed E-state index contributed by atoms with van der Waals surface area (Å²) in [5, 5.41) is 11.2. The Morgan fingerprint density at radius 3 is 2.50 bits per heavy atom. The van der Waals surface area contributed by atoms with Crippen LogP contribution in [0, 0.1) is 6.92 Å². The Labute approximate surface area is 200 Å². The average Bonchev–Trinajstić information content (AvgIpc) is 3.11. The summed E-state index contributed by atoms with van der Waals surface area (Å²) < 4.78 is 11.0. The van der Waals surface area contributed by atoms with Crippen LogP contribution in [0.15, 0.2) is 54.1 Å². The van der Waals surface area contributed by atoms with Crippen molar-refractivity contribution in [3.8, 4) is 5.75 Å². The first-order valence-corrected chi connectivity index (χ1v) is 11.9. The average molecular weight is 465 g/mol. The van der Waals surface area contributed by atoms with Crippen LogP contribution in [-0.4, -0.2) is 72.6 Å². The second kappa shape index (κ2) is 10.8. The summed E-state index contributed by atoms with van der Waals surface area (Å²) in [7, 11) is 0. The number of amides is 1. The first-order valence-electron chi connectivity index (χ1n) is 11.9. The first kappa shape index (κ1) is 24.0. The van der Waals surface area contributed by atoms with Crippen molar-refractivity contribution in [2.45, 2.75) is 26.3 Å². The maximum Gasteiger partial charge on any atom is 0.295 e. The SMILES string of the molecule is CCOc1ccc(C(O)=C2C(=O)C(=O)N(CCCN3CCOCC3)[C@@H]2c2ccccc2)cc1C. The summed E-state index contributed by atoms with van der Waals surface area (Å²) in [5.41, 5.74) is 2.28. The van der Waals surface area contributed by atoms with E-state index in [0.29, 0.717) is 18.7 Å². The van der Waals surface area contributed by atoms with Crippen LogP contribution in [0.5, 0.6) is 5.75 Å². The van der Waals surface area contributed by atoms with E-state index in [1.165, 1.54) is 0 Å². The lowest BCUT2D eigenvalue weighted by molar-refractivity contribution is -0.140. The number of carbonyl (C=O) groups is 2. The van der Waals surface area contributed by atoms with Gasteiger partial charge in [-0.2, -0.15) is 0 Å². The molecule has 2 aromatic rings. The third kappa shape index (κ3) is 5.00. The van der Waals surface area contributed by atoms with Crippen molar-refractivity contribution in [3.63, 3.8) is 0 Å². The molecule has 0 spiro atoms. The lowest BCUT2D eigenvalue weighted by Crippen LogP contribution is -2.38. The van der Waals surface area contributed by atoms with Crippen LogP contribution < -0.4 is 4.74 Å². The normalized spacial score (nSPS) is 20.6. The number of aliphatic hydroxyl groups is 1. The second-order valence-electron chi connectivity index (χ2n) is 8.62. The van der Waals surface area contributed by atoms with E-state index in [9.17, 15) is 14.7 Å². The number of aryl methyl sites for hydroxylation is 1. The van der Waals surface area contributed by atoms with Gasteiger partial charge in [0.15, 0.2) is 0 Å². The Bertz CT molecular complexity index is 1060. The molecule has 0 aromatic heterocycles. The standard InChI is InChI=1S/C27H32N2O5/c1-3-34-22-11-10-21(18-19(22)2)25(30)23-24(20-8-5-4-6-9-20)29(27(32)26(23)31)13-7-12-28-14-16-33-17-15-28/h4-6,8-11,18,24,30H,3,7,12-17H2,1-2H3/t24-/m1/s1. The van der Waals surface area contributed by atoms with Crippen molar-refractivity contribution >= 4 is 17.4 Å². The highest BCUT2D eigenvalue weighted by atomic mass is 16.5. The van der Waals surface area contributed by atoms with Crippen LogP contribution in [-0.2, 0) is 14.3 Å². The van der Waals surface area contributed by atoms with Crippen LogP contribution in [0.1, 0.15) is 36.1 Å². The number of likely N-dealkylation sites (tertiary alicyclic amines) is 1. The van der Waals surface area contributed by atoms with Crippen molar-refractivity contribution in [3.05, 3.63) is 70.8 Å². The van der Waals surface area contributed by atoms with Gasteiger partial charge in [0.2, 0.25) is 0 Å². The lowest BCUT2D eigenvalue weighted by Gasteiger charge is -2.29. The predicted molar refractivity (Wildman–Crippen MR) is 130 cm³/mol. The molecule has 0 radical (unpaired) electrons. The highest BCUT2D eigenvalue weighted by molar-refractivity contribution is 6.46. The van der Waals surface area contributed by atoms with Gasteiger partial charge in [0.25, 0.3) is 11.7 Å². The molecular weight excluding hydrogens is 432 g/mol. The van der Waals surface area contributed by atoms with E-state index in [2.05, 4.69) is 4.90 Å². The number of hydrogen-bond acceptors (Lipinski definition) is 6. The van der Waals surface area contributed by atoms with Crippen molar-refractivity contribution < 1.29 is 24.2 Å². The first-order chi connectivity index (χ1) is 16.5. The molecule has 2 saturated heterocycles. The maximum atomic E-state index is 13.2. The largest absolute Gasteiger partial charge is 0.507 e. The summed E-state index contributed by atoms with van der Waals surface area (Å²) in [6.07, 6.45) is 0.735. The minimum Gasteiger partial charge on any atom is -0.507 e. The number of hydrogen-bond donors (Lipinski definition) is 1. The summed E-state index contributed by atoms with van der Waals surface area (Å²) in [5.74, 6) is -0.652. The van der Waals surface area contributed by atoms with E-state index in [-0.39, 0.29) is 11.3 Å². The lowest BCUT2D eigenvalue weighted by atomic mass is 9.95. The van der Waals surface area contributed by atoms with E-state index in [4.69, 9.17) is 9.47 Å². The van der Waals surface area contributed by atoms with Gasteiger partial charge in [0, 0.05) is 31.7 Å². The number of rotatable bonds is 8. The second-order valence-corrected chi connectivity index (χ2v) is 8.62. The summed E-state index contributed by atoms with van der Waals surface area (Å²) in [6, 6.07) is 14.1. The number of ketones is 1. The number of benzene rings is 2. The van der Waals surface area contributed by atoms with Gasteiger partial charge in [0.1, 0.15) is 11.5 Å². The van der Waals surface area contributed by atoms with Gasteiger partial charge in [0.05, 0.1) is 31.4 Å². The molecule has 1 atom stereocenters. The molecule has 1 amide bonds. The molecular formula is C27H32N2O5. The minimum absolute atomic E-state index is 0.131. The molecule has 0 bridgehead atoms. The number of ether oxygens (including phenoxy) is 2. The predicted octanol–water partition coefficient (Wildman–Crippen LogP) is 3.54. The summed E-state index contributed by atoms with van der Waals surface area (Å²) in [6.45, 7) is 8.78. The van der Waals surface area contributed by atoms with E-state index in [0.717, 1.165) is 56.1 Å². The number of nitrogens with zero attached hydrogens (tertiary/aromatic N) is 2. The molecule has 2 heterocycles. The zero-order chi connectivity index (χ0) is 24.1. The monoisotopic (exact) mass is 464 g/mol. The Hall–Kier alpha value is -3.16. The van der Waals surface area contributed by atoms with Gasteiger partial charge in [-0.15, -0.1) is 0 Å². The van der Waals surface area contributed by atoms with Gasteiger partial charge in [-0.3, -0.25) is 14.5 Å². The molecule has 34 heavy (non-hydrogen) atoms. The smallest absolute Gasteiger partial charge is 0.295 e. The number of carbonyl (C=O) groups excluding carboxylic acids is 2. The van der Waals surface area contributed by atoms with Gasteiger partial charge >= 0.3 is 0 Å². The van der Waals surface area contributed by atoms with Crippen molar-refractivity contribution in [1.29, 1.82) is 0 Å². The number of morpholine rings is 1. The highest BCUT2D eigenvalue weighted by Gasteiger charge is 2.45. The van der Waals surface area contributed by atoms with E-state index >= 15 is 0 Å². The fourth-order valence-electron chi connectivity index (χ4n) is 4.65. The fourth-order valence-corrected chi connectivity index (χ4v) is 4.65. The molecule has 0 saturated carbocycles. The molecule has 0 unspecified atom stereocenters. The van der Waals surface area contributed by atoms with Gasteiger partial charge in [-0.05, 0) is 49.6 Å². The molecule has 2 aliphatic heterocycles. The highest BCUT2D eigenvalue weighted by Crippen LogP contribution is 2.39. The third-order valence-corrected chi connectivity index (χ3v) is 6.38. The molecule has 4 rings (SSSR count). The van der Waals surface area contributed by atoms with Gasteiger partial charge in [-0.1, -0.05) is 30.3 Å². The van der Waals surface area contributed by atoms with Gasteiger partial charge < -0.3 is 19.5 Å².